The largest absolute Gasteiger partial charge is 0.369 e. The number of amidine groups is 1. The minimum atomic E-state index is -0.472. The number of rotatable bonds is 10. The molecule has 0 fully saturated rings. The Morgan fingerprint density at radius 1 is 1.19 bits per heavy atom. The molecule has 3 rings (SSSR count). The molecule has 9 nitrogen and oxygen atoms in total. The predicted molar refractivity (Wildman–Crippen MR) is 143 cm³/mol. The highest BCUT2D eigenvalue weighted by Crippen LogP contribution is 2.25. The standard InChI is InChI=1S/C25H31ClFN9/c1-16(2)11-21(18-12-19(15-28-14-18)24-32-34-35-33-24)25(29-9-6-10-36(4)5)31-17(3)30-20-7-8-23(27)22(26)13-20/h7-8,11-15,29H,6,9-10H2,1-5H3,(H,30,31)(H,32,33,34,35)/b25-21+. The van der Waals surface area contributed by atoms with Gasteiger partial charge >= 0.3 is 0 Å². The number of aromatic nitrogens is 5. The van der Waals surface area contributed by atoms with Crippen LogP contribution in [-0.2, 0) is 0 Å². The number of halogens is 2. The van der Waals surface area contributed by atoms with Crippen LogP contribution < -0.4 is 10.6 Å². The van der Waals surface area contributed by atoms with E-state index in [0.29, 0.717) is 29.7 Å². The van der Waals surface area contributed by atoms with Crippen molar-refractivity contribution in [2.45, 2.75) is 27.2 Å². The van der Waals surface area contributed by atoms with E-state index in [2.05, 4.69) is 47.2 Å². The van der Waals surface area contributed by atoms with Crippen LogP contribution >= 0.6 is 11.6 Å². The summed E-state index contributed by atoms with van der Waals surface area (Å²) in [5.74, 6) is 1.26. The average molecular weight is 512 g/mol. The van der Waals surface area contributed by atoms with Crippen LogP contribution in [0.3, 0.4) is 0 Å². The minimum Gasteiger partial charge on any atom is -0.369 e. The molecule has 1 aromatic carbocycles. The van der Waals surface area contributed by atoms with Crippen molar-refractivity contribution in [3.63, 3.8) is 0 Å². The van der Waals surface area contributed by atoms with Gasteiger partial charge in [-0.3, -0.25) is 4.98 Å². The molecule has 0 aliphatic carbocycles. The number of allylic oxidation sites excluding steroid dienone is 3. The molecule has 2 heterocycles. The van der Waals surface area contributed by atoms with Crippen LogP contribution in [0.15, 0.2) is 59.1 Å². The SMILES string of the molecule is CC(C)=C/C(=C(\N=C(/C)Nc1ccc(F)c(Cl)c1)NCCCN(C)C)c1cncc(-c2nn[nH]n2)c1. The number of nitrogens with one attached hydrogen (secondary N) is 3. The number of hydrogen-bond acceptors (Lipinski definition) is 7. The Kier molecular flexibility index (Phi) is 9.66. The van der Waals surface area contributed by atoms with Crippen LogP contribution in [-0.4, -0.2) is 63.5 Å². The summed E-state index contributed by atoms with van der Waals surface area (Å²) in [6.07, 6.45) is 6.44. The number of benzene rings is 1. The van der Waals surface area contributed by atoms with E-state index in [9.17, 15) is 4.39 Å². The minimum absolute atomic E-state index is 0.0416. The number of tetrazole rings is 1. The Hall–Kier alpha value is -3.63. The van der Waals surface area contributed by atoms with Crippen LogP contribution in [0.4, 0.5) is 10.1 Å². The highest BCUT2D eigenvalue weighted by atomic mass is 35.5. The Morgan fingerprint density at radius 2 is 2.00 bits per heavy atom. The lowest BCUT2D eigenvalue weighted by Gasteiger charge is -2.16. The fraction of sp³-hybridized carbons (Fsp3) is 0.320. The van der Waals surface area contributed by atoms with Crippen molar-refractivity contribution in [1.82, 2.24) is 35.8 Å². The summed E-state index contributed by atoms with van der Waals surface area (Å²) in [6, 6.07) is 6.41. The highest BCUT2D eigenvalue weighted by molar-refractivity contribution is 6.31. The lowest BCUT2D eigenvalue weighted by atomic mass is 10.0. The van der Waals surface area contributed by atoms with Gasteiger partial charge in [-0.25, -0.2) is 9.38 Å². The molecular formula is C25H31ClFN9. The zero-order valence-corrected chi connectivity index (χ0v) is 21.9. The Balaban J connectivity index is 2.04. The molecule has 2 aromatic heterocycles. The second kappa shape index (κ2) is 12.9. The normalized spacial score (nSPS) is 12.4. The van der Waals surface area contributed by atoms with E-state index in [1.807, 2.05) is 40.9 Å². The van der Waals surface area contributed by atoms with Crippen molar-refractivity contribution in [1.29, 1.82) is 0 Å². The van der Waals surface area contributed by atoms with Crippen LogP contribution in [0.2, 0.25) is 5.02 Å². The van der Waals surface area contributed by atoms with E-state index in [1.165, 1.54) is 12.1 Å². The third kappa shape index (κ3) is 7.96. The predicted octanol–water partition coefficient (Wildman–Crippen LogP) is 4.76. The number of aromatic amines is 1. The van der Waals surface area contributed by atoms with E-state index in [0.717, 1.165) is 35.2 Å². The summed E-state index contributed by atoms with van der Waals surface area (Å²) in [5.41, 5.74) is 4.16. The van der Waals surface area contributed by atoms with Gasteiger partial charge in [0.2, 0.25) is 5.82 Å². The average Bonchev–Trinajstić information content (AvgIpc) is 3.37. The first kappa shape index (κ1) is 27.0. The van der Waals surface area contributed by atoms with Crippen molar-refractivity contribution in [3.8, 4) is 11.4 Å². The zero-order chi connectivity index (χ0) is 26.1. The second-order valence-corrected chi connectivity index (χ2v) is 9.12. The monoisotopic (exact) mass is 511 g/mol. The van der Waals surface area contributed by atoms with Gasteiger partial charge in [0.15, 0.2) is 0 Å². The van der Waals surface area contributed by atoms with Crippen molar-refractivity contribution >= 4 is 28.7 Å². The van der Waals surface area contributed by atoms with Crippen molar-refractivity contribution < 1.29 is 4.39 Å². The summed E-state index contributed by atoms with van der Waals surface area (Å²) in [6.45, 7) is 7.53. The van der Waals surface area contributed by atoms with E-state index < -0.39 is 5.82 Å². The molecule has 3 N–H and O–H groups in total. The van der Waals surface area contributed by atoms with Gasteiger partial charge in [-0.2, -0.15) is 5.21 Å². The highest BCUT2D eigenvalue weighted by Gasteiger charge is 2.12. The van der Waals surface area contributed by atoms with Gasteiger partial charge < -0.3 is 15.5 Å². The fourth-order valence-electron chi connectivity index (χ4n) is 3.35. The third-order valence-corrected chi connectivity index (χ3v) is 5.23. The maximum atomic E-state index is 13.6. The first-order valence-electron chi connectivity index (χ1n) is 11.5. The first-order valence-corrected chi connectivity index (χ1v) is 11.8. The lowest BCUT2D eigenvalue weighted by Crippen LogP contribution is -2.22. The van der Waals surface area contributed by atoms with Gasteiger partial charge in [-0.15, -0.1) is 10.2 Å². The van der Waals surface area contributed by atoms with Gasteiger partial charge in [-0.05, 0) is 77.3 Å². The summed E-state index contributed by atoms with van der Waals surface area (Å²) < 4.78 is 13.6. The number of pyridine rings is 1. The molecule has 0 aliphatic heterocycles. The van der Waals surface area contributed by atoms with Gasteiger partial charge in [0, 0.05) is 41.3 Å². The van der Waals surface area contributed by atoms with E-state index in [-0.39, 0.29) is 5.02 Å². The summed E-state index contributed by atoms with van der Waals surface area (Å²) in [5, 5.41) is 21.0. The second-order valence-electron chi connectivity index (χ2n) is 8.72. The number of anilines is 1. The molecule has 0 radical (unpaired) electrons. The Morgan fingerprint density at radius 3 is 2.67 bits per heavy atom. The smallest absolute Gasteiger partial charge is 0.206 e. The molecule has 0 bridgehead atoms. The van der Waals surface area contributed by atoms with Crippen LogP contribution in [0.25, 0.3) is 17.0 Å². The fourth-order valence-corrected chi connectivity index (χ4v) is 3.53. The lowest BCUT2D eigenvalue weighted by molar-refractivity contribution is 0.398. The maximum absolute atomic E-state index is 13.6. The molecule has 0 amide bonds. The van der Waals surface area contributed by atoms with E-state index in [1.54, 1.807) is 18.5 Å². The summed E-state index contributed by atoms with van der Waals surface area (Å²) >= 11 is 5.95. The van der Waals surface area contributed by atoms with E-state index in [4.69, 9.17) is 16.6 Å². The molecule has 0 saturated carbocycles. The quantitative estimate of drug-likeness (QED) is 0.156. The molecule has 3 aromatic rings. The summed E-state index contributed by atoms with van der Waals surface area (Å²) in [4.78, 5) is 11.4. The van der Waals surface area contributed by atoms with Gasteiger partial charge in [-0.1, -0.05) is 23.3 Å². The third-order valence-electron chi connectivity index (χ3n) is 4.94. The van der Waals surface area contributed by atoms with Crippen LogP contribution in [0.1, 0.15) is 32.8 Å². The zero-order valence-electron chi connectivity index (χ0n) is 21.1. The van der Waals surface area contributed by atoms with Gasteiger partial charge in [0.05, 0.1) is 5.02 Å². The Labute approximate surface area is 215 Å². The molecule has 0 spiro atoms. The molecular weight excluding hydrogens is 481 g/mol. The van der Waals surface area contributed by atoms with E-state index >= 15 is 0 Å². The number of H-pyrrole nitrogens is 1. The van der Waals surface area contributed by atoms with Crippen LogP contribution in [0.5, 0.6) is 0 Å². The van der Waals surface area contributed by atoms with Crippen molar-refractivity contribution in [2.75, 3.05) is 32.5 Å². The van der Waals surface area contributed by atoms with Crippen LogP contribution in [0, 0.1) is 5.82 Å². The maximum Gasteiger partial charge on any atom is 0.206 e. The number of nitrogens with zero attached hydrogens (tertiary/aromatic N) is 6. The summed E-state index contributed by atoms with van der Waals surface area (Å²) in [7, 11) is 4.08. The molecule has 0 unspecified atom stereocenters. The molecule has 0 aliphatic rings. The van der Waals surface area contributed by atoms with Gasteiger partial charge in [0.25, 0.3) is 0 Å². The topological polar surface area (TPSA) is 107 Å². The number of aliphatic imine (C=N–C) groups is 1. The molecule has 190 valence electrons. The van der Waals surface area contributed by atoms with Crippen molar-refractivity contribution in [2.24, 2.45) is 4.99 Å². The number of hydrogen-bond donors (Lipinski definition) is 3. The molecule has 11 heteroatoms. The molecule has 36 heavy (non-hydrogen) atoms. The molecule has 0 atom stereocenters. The molecule has 0 saturated heterocycles. The first-order chi connectivity index (χ1) is 17.2. The van der Waals surface area contributed by atoms with Crippen molar-refractivity contribution in [3.05, 3.63) is 70.5 Å². The Bertz CT molecular complexity index is 1250. The van der Waals surface area contributed by atoms with Gasteiger partial charge in [0.1, 0.15) is 17.5 Å².